The molecule has 0 unspecified atom stereocenters. The molecule has 0 bridgehead atoms. The van der Waals surface area contributed by atoms with Crippen molar-refractivity contribution < 1.29 is 8.91 Å². The molecule has 0 radical (unpaired) electrons. The number of nitrogens with one attached hydrogen (secondary N) is 1. The van der Waals surface area contributed by atoms with E-state index in [0.717, 1.165) is 37.2 Å². The van der Waals surface area contributed by atoms with E-state index in [1.54, 1.807) is 0 Å². The van der Waals surface area contributed by atoms with Gasteiger partial charge in [0.1, 0.15) is 0 Å². The number of nitrogens with two attached hydrogens (primary N) is 1. The minimum atomic E-state index is -2.62. The van der Waals surface area contributed by atoms with Gasteiger partial charge in [0.2, 0.25) is 0 Å². The molecule has 6 nitrogen and oxygen atoms in total. The van der Waals surface area contributed by atoms with Gasteiger partial charge in [0, 0.05) is 23.2 Å². The van der Waals surface area contributed by atoms with Gasteiger partial charge < -0.3 is 16.0 Å². The molecule has 3 rings (SSSR count). The molecule has 1 aliphatic rings. The molecular formula is C19H25N5O. The van der Waals surface area contributed by atoms with E-state index in [4.69, 9.17) is 9.85 Å². The normalized spacial score (nSPS) is 17.4. The van der Waals surface area contributed by atoms with E-state index >= 15 is 0 Å². The maximum Gasteiger partial charge on any atom is 0.273 e. The Morgan fingerprint density at radius 3 is 2.88 bits per heavy atom. The Labute approximate surface area is 152 Å². The van der Waals surface area contributed by atoms with Gasteiger partial charge in [0.25, 0.3) is 5.91 Å². The summed E-state index contributed by atoms with van der Waals surface area (Å²) >= 11 is 0. The first-order valence-electron chi connectivity index (χ1n) is 10.1. The summed E-state index contributed by atoms with van der Waals surface area (Å²) in [6.45, 7) is 0.594. The average Bonchev–Trinajstić information content (AvgIpc) is 2.66. The van der Waals surface area contributed by atoms with Crippen molar-refractivity contribution in [2.24, 2.45) is 0 Å². The molecule has 2 aromatic rings. The summed E-state index contributed by atoms with van der Waals surface area (Å²) in [6, 6.07) is 7.86. The lowest BCUT2D eigenvalue weighted by atomic mass is 9.97. The van der Waals surface area contributed by atoms with Crippen molar-refractivity contribution in [2.45, 2.75) is 25.7 Å². The largest absolute Gasteiger partial charge is 0.396 e. The van der Waals surface area contributed by atoms with Crippen LogP contribution >= 0.6 is 0 Å². The molecule has 1 fully saturated rings. The van der Waals surface area contributed by atoms with Crippen molar-refractivity contribution in [1.82, 2.24) is 20.4 Å². The summed E-state index contributed by atoms with van der Waals surface area (Å²) in [4.78, 5) is 14.7. The zero-order valence-electron chi connectivity index (χ0n) is 17.2. The summed E-state index contributed by atoms with van der Waals surface area (Å²) < 4.78 is 21.6. The van der Waals surface area contributed by atoms with Crippen LogP contribution in [-0.2, 0) is 6.42 Å². The predicted octanol–water partition coefficient (Wildman–Crippen LogP) is 2.11. The van der Waals surface area contributed by atoms with Crippen LogP contribution < -0.4 is 11.1 Å². The number of carbonyl (C=O) groups is 1. The molecule has 132 valence electrons. The van der Waals surface area contributed by atoms with Crippen LogP contribution in [0.5, 0.6) is 0 Å². The van der Waals surface area contributed by atoms with Crippen LogP contribution in [0.15, 0.2) is 30.5 Å². The molecule has 1 aromatic carbocycles. The molecule has 1 saturated heterocycles. The van der Waals surface area contributed by atoms with Crippen molar-refractivity contribution in [3.63, 3.8) is 0 Å². The molecule has 0 spiro atoms. The van der Waals surface area contributed by atoms with Crippen LogP contribution in [0.2, 0.25) is 0 Å². The van der Waals surface area contributed by atoms with E-state index in [0.29, 0.717) is 5.56 Å². The van der Waals surface area contributed by atoms with Gasteiger partial charge in [-0.15, -0.1) is 5.10 Å². The number of carbonyl (C=O) groups excluding carboxylic acids is 1. The Kier molecular flexibility index (Phi) is 4.45. The summed E-state index contributed by atoms with van der Waals surface area (Å²) in [7, 11) is 0. The molecule has 1 amide bonds. The molecule has 25 heavy (non-hydrogen) atoms. The fraction of sp³-hybridized carbons (Fsp3) is 0.421. The number of piperidine rings is 1. The minimum Gasteiger partial charge on any atom is -0.396 e. The zero-order chi connectivity index (χ0) is 20.1. The van der Waals surface area contributed by atoms with Crippen molar-refractivity contribution >= 4 is 11.6 Å². The summed E-state index contributed by atoms with van der Waals surface area (Å²) in [5.41, 5.74) is 8.71. The first-order chi connectivity index (χ1) is 13.3. The minimum absolute atomic E-state index is 0.127. The van der Waals surface area contributed by atoms with E-state index in [1.807, 2.05) is 29.6 Å². The number of hydrogen-bond acceptors (Lipinski definition) is 5. The van der Waals surface area contributed by atoms with Crippen molar-refractivity contribution in [1.29, 1.82) is 0 Å². The highest BCUT2D eigenvalue weighted by molar-refractivity contribution is 6.00. The van der Waals surface area contributed by atoms with E-state index in [2.05, 4.69) is 15.1 Å². The van der Waals surface area contributed by atoms with Gasteiger partial charge >= 0.3 is 0 Å². The number of amides is 1. The topological polar surface area (TPSA) is 84.1 Å². The van der Waals surface area contributed by atoms with Crippen LogP contribution in [-0.4, -0.2) is 47.6 Å². The average molecular weight is 342 g/mol. The first-order valence-corrected chi connectivity index (χ1v) is 8.59. The Morgan fingerprint density at radius 1 is 1.28 bits per heavy atom. The SMILES string of the molecule is [2H]C([2H])([2H])NC(=O)c1nncc(-c2ccccc2CCN2CCCCC2)c1N. The second-order valence-electron chi connectivity index (χ2n) is 6.28. The standard InChI is InChI=1S/C19H25N5O/c1-21-19(25)18-17(20)16(13-22-23-18)15-8-4-3-7-14(15)9-12-24-10-5-2-6-11-24/h3-4,7-8,13H,2,5-6,9-12H2,1H3,(H2,20,22)(H,21,25)/i1D3. The van der Waals surface area contributed by atoms with Crippen LogP contribution in [0.4, 0.5) is 5.69 Å². The van der Waals surface area contributed by atoms with E-state index in [1.165, 1.54) is 25.5 Å². The van der Waals surface area contributed by atoms with Crippen LogP contribution in [0.3, 0.4) is 0 Å². The van der Waals surface area contributed by atoms with Gasteiger partial charge in [-0.05, 0) is 43.5 Å². The molecule has 6 heteroatoms. The maximum atomic E-state index is 12.2. The van der Waals surface area contributed by atoms with Gasteiger partial charge in [-0.2, -0.15) is 5.10 Å². The zero-order valence-corrected chi connectivity index (χ0v) is 14.2. The van der Waals surface area contributed by atoms with E-state index in [-0.39, 0.29) is 11.4 Å². The molecule has 0 saturated carbocycles. The number of anilines is 1. The third-order valence-corrected chi connectivity index (χ3v) is 4.67. The van der Waals surface area contributed by atoms with Crippen LogP contribution in [0, 0.1) is 0 Å². The van der Waals surface area contributed by atoms with Crippen molar-refractivity contribution in [3.8, 4) is 11.1 Å². The fourth-order valence-corrected chi connectivity index (χ4v) is 3.30. The molecule has 2 heterocycles. The lowest BCUT2D eigenvalue weighted by molar-refractivity contribution is 0.0958. The molecule has 3 N–H and O–H groups in total. The Bertz CT molecular complexity index is 835. The van der Waals surface area contributed by atoms with E-state index in [9.17, 15) is 4.79 Å². The third-order valence-electron chi connectivity index (χ3n) is 4.67. The predicted molar refractivity (Wildman–Crippen MR) is 99.3 cm³/mol. The summed E-state index contributed by atoms with van der Waals surface area (Å²) in [5.74, 6) is -0.863. The van der Waals surface area contributed by atoms with Gasteiger partial charge in [-0.3, -0.25) is 4.79 Å². The van der Waals surface area contributed by atoms with Crippen LogP contribution in [0.1, 0.15) is 39.4 Å². The lowest BCUT2D eigenvalue weighted by Crippen LogP contribution is -2.31. The number of nitrogens with zero attached hydrogens (tertiary/aromatic N) is 3. The van der Waals surface area contributed by atoms with Crippen molar-refractivity contribution in [2.75, 3.05) is 32.3 Å². The highest BCUT2D eigenvalue weighted by Crippen LogP contribution is 2.30. The van der Waals surface area contributed by atoms with E-state index < -0.39 is 12.9 Å². The summed E-state index contributed by atoms with van der Waals surface area (Å²) in [6.07, 6.45) is 6.15. The number of hydrogen-bond donors (Lipinski definition) is 2. The number of rotatable bonds is 5. The Hall–Kier alpha value is -2.47. The maximum absolute atomic E-state index is 12.2. The molecule has 0 atom stereocenters. The Balaban J connectivity index is 1.85. The molecular weight excluding hydrogens is 314 g/mol. The molecule has 0 aliphatic carbocycles. The second kappa shape index (κ2) is 8.07. The summed E-state index contributed by atoms with van der Waals surface area (Å²) in [5, 5.41) is 9.54. The van der Waals surface area contributed by atoms with Gasteiger partial charge in [-0.25, -0.2) is 0 Å². The molecule has 1 aliphatic heterocycles. The number of nitrogen functional groups attached to an aromatic ring is 1. The smallest absolute Gasteiger partial charge is 0.273 e. The highest BCUT2D eigenvalue weighted by Gasteiger charge is 2.17. The van der Waals surface area contributed by atoms with Gasteiger partial charge in [-0.1, -0.05) is 30.7 Å². The molecule has 1 aromatic heterocycles. The quantitative estimate of drug-likeness (QED) is 0.869. The number of likely N-dealkylation sites (tertiary alicyclic amines) is 1. The monoisotopic (exact) mass is 342 g/mol. The number of aromatic nitrogens is 2. The second-order valence-corrected chi connectivity index (χ2v) is 6.28. The van der Waals surface area contributed by atoms with Gasteiger partial charge in [0.05, 0.1) is 11.9 Å². The third kappa shape index (κ3) is 3.96. The first kappa shape index (κ1) is 13.8. The van der Waals surface area contributed by atoms with Crippen LogP contribution in [0.25, 0.3) is 11.1 Å². The number of benzene rings is 1. The Morgan fingerprint density at radius 2 is 2.08 bits per heavy atom. The van der Waals surface area contributed by atoms with Crippen molar-refractivity contribution in [3.05, 3.63) is 41.7 Å². The fourth-order valence-electron chi connectivity index (χ4n) is 3.30. The van der Waals surface area contributed by atoms with Gasteiger partial charge in [0.15, 0.2) is 5.69 Å². The lowest BCUT2D eigenvalue weighted by Gasteiger charge is -2.26. The highest BCUT2D eigenvalue weighted by atomic mass is 16.1.